The second kappa shape index (κ2) is 5.30. The van der Waals surface area contributed by atoms with Crippen LogP contribution in [-0.2, 0) is 4.74 Å². The molecule has 2 rings (SSSR count). The second-order valence-corrected chi connectivity index (χ2v) is 4.76. The minimum Gasteiger partial charge on any atom is -0.381 e. The van der Waals surface area contributed by atoms with Gasteiger partial charge >= 0.3 is 0 Å². The van der Waals surface area contributed by atoms with Crippen molar-refractivity contribution >= 4 is 5.69 Å². The molecule has 0 amide bonds. The predicted octanol–water partition coefficient (Wildman–Crippen LogP) is 2.70. The third kappa shape index (κ3) is 2.95. The van der Waals surface area contributed by atoms with Crippen molar-refractivity contribution in [1.29, 1.82) is 0 Å². The summed E-state index contributed by atoms with van der Waals surface area (Å²) in [6.45, 7) is 5.30. The van der Waals surface area contributed by atoms with Gasteiger partial charge in [-0.05, 0) is 30.9 Å². The van der Waals surface area contributed by atoms with Gasteiger partial charge in [0.05, 0.1) is 11.8 Å². The molecule has 16 heavy (non-hydrogen) atoms. The van der Waals surface area contributed by atoms with Gasteiger partial charge < -0.3 is 10.1 Å². The maximum absolute atomic E-state index is 5.75. The van der Waals surface area contributed by atoms with E-state index in [9.17, 15) is 0 Å². The first-order chi connectivity index (χ1) is 7.75. The molecule has 0 saturated carbocycles. The molecule has 1 aliphatic rings. The van der Waals surface area contributed by atoms with Gasteiger partial charge in [-0.3, -0.25) is 4.98 Å². The lowest BCUT2D eigenvalue weighted by atomic mass is 9.95. The molecule has 1 saturated heterocycles. The van der Waals surface area contributed by atoms with Crippen LogP contribution in [0.25, 0.3) is 0 Å². The molecule has 2 atom stereocenters. The van der Waals surface area contributed by atoms with Gasteiger partial charge in [0.15, 0.2) is 0 Å². The molecular weight excluding hydrogens is 200 g/mol. The van der Waals surface area contributed by atoms with Gasteiger partial charge in [0.25, 0.3) is 0 Å². The summed E-state index contributed by atoms with van der Waals surface area (Å²) in [6.07, 6.45) is 6.24. The first-order valence-electron chi connectivity index (χ1n) is 6.04. The normalized spacial score (nSPS) is 25.7. The highest BCUT2D eigenvalue weighted by molar-refractivity contribution is 5.40. The van der Waals surface area contributed by atoms with Crippen molar-refractivity contribution in [1.82, 2.24) is 4.98 Å². The Bertz CT molecular complexity index is 313. The zero-order chi connectivity index (χ0) is 11.4. The molecule has 0 aromatic carbocycles. The van der Waals surface area contributed by atoms with E-state index in [4.69, 9.17) is 4.74 Å². The molecule has 0 radical (unpaired) electrons. The lowest BCUT2D eigenvalue weighted by molar-refractivity contribution is -0.0160. The minimum absolute atomic E-state index is 0.392. The van der Waals surface area contributed by atoms with Crippen LogP contribution in [0.2, 0.25) is 0 Å². The number of hydrogen-bond acceptors (Lipinski definition) is 3. The summed E-state index contributed by atoms with van der Waals surface area (Å²) in [4.78, 5) is 4.11. The Morgan fingerprint density at radius 3 is 3.06 bits per heavy atom. The van der Waals surface area contributed by atoms with Crippen molar-refractivity contribution in [2.24, 2.45) is 5.92 Å². The molecule has 0 aliphatic carbocycles. The molecule has 2 heterocycles. The van der Waals surface area contributed by atoms with Gasteiger partial charge in [-0.25, -0.2) is 0 Å². The number of nitrogens with zero attached hydrogens (tertiary/aromatic N) is 1. The van der Waals surface area contributed by atoms with Crippen LogP contribution in [0.5, 0.6) is 0 Å². The summed E-state index contributed by atoms with van der Waals surface area (Å²) in [5.41, 5.74) is 1.11. The van der Waals surface area contributed by atoms with E-state index in [1.165, 1.54) is 0 Å². The zero-order valence-electron chi connectivity index (χ0n) is 10.0. The van der Waals surface area contributed by atoms with Crippen LogP contribution in [-0.4, -0.2) is 23.7 Å². The van der Waals surface area contributed by atoms with Gasteiger partial charge in [-0.1, -0.05) is 13.8 Å². The van der Waals surface area contributed by atoms with Crippen LogP contribution >= 0.6 is 0 Å². The molecule has 2 unspecified atom stereocenters. The standard InChI is InChI=1S/C13H20N2O/c1-10(2)13-8-11(5-7-16-13)15-12-4-3-6-14-9-12/h3-4,6,9-11,13,15H,5,7-8H2,1-2H3. The lowest BCUT2D eigenvalue weighted by Gasteiger charge is -2.32. The monoisotopic (exact) mass is 220 g/mol. The van der Waals surface area contributed by atoms with Gasteiger partial charge in [0.2, 0.25) is 0 Å². The molecular formula is C13H20N2O. The van der Waals surface area contributed by atoms with Gasteiger partial charge in [-0.2, -0.15) is 0 Å². The largest absolute Gasteiger partial charge is 0.381 e. The number of ether oxygens (including phenoxy) is 1. The molecule has 0 bridgehead atoms. The Morgan fingerprint density at radius 2 is 2.38 bits per heavy atom. The molecule has 1 aliphatic heterocycles. The fourth-order valence-corrected chi connectivity index (χ4v) is 2.11. The van der Waals surface area contributed by atoms with Crippen LogP contribution in [0.4, 0.5) is 5.69 Å². The van der Waals surface area contributed by atoms with E-state index in [2.05, 4.69) is 30.2 Å². The van der Waals surface area contributed by atoms with Crippen LogP contribution in [0.15, 0.2) is 24.5 Å². The number of hydrogen-bond donors (Lipinski definition) is 1. The smallest absolute Gasteiger partial charge is 0.0617 e. The van der Waals surface area contributed by atoms with Crippen molar-refractivity contribution in [2.45, 2.75) is 38.8 Å². The molecule has 3 heteroatoms. The van der Waals surface area contributed by atoms with Gasteiger partial charge in [-0.15, -0.1) is 0 Å². The molecule has 0 spiro atoms. The Hall–Kier alpha value is -1.09. The molecule has 1 fully saturated rings. The van der Waals surface area contributed by atoms with E-state index < -0.39 is 0 Å². The summed E-state index contributed by atoms with van der Waals surface area (Å²) in [5, 5.41) is 3.52. The summed E-state index contributed by atoms with van der Waals surface area (Å²) in [5.74, 6) is 0.596. The Kier molecular flexibility index (Phi) is 3.78. The molecule has 1 aromatic rings. The van der Waals surface area contributed by atoms with E-state index in [0.717, 1.165) is 25.1 Å². The van der Waals surface area contributed by atoms with Crippen molar-refractivity contribution in [3.05, 3.63) is 24.5 Å². The highest BCUT2D eigenvalue weighted by Crippen LogP contribution is 2.22. The Morgan fingerprint density at radius 1 is 1.50 bits per heavy atom. The van der Waals surface area contributed by atoms with Crippen LogP contribution in [0.1, 0.15) is 26.7 Å². The second-order valence-electron chi connectivity index (χ2n) is 4.76. The summed E-state index contributed by atoms with van der Waals surface area (Å²) in [7, 11) is 0. The SMILES string of the molecule is CC(C)C1CC(Nc2cccnc2)CCO1. The van der Waals surface area contributed by atoms with E-state index >= 15 is 0 Å². The molecule has 1 aromatic heterocycles. The zero-order valence-corrected chi connectivity index (χ0v) is 10.0. The fourth-order valence-electron chi connectivity index (χ4n) is 2.11. The summed E-state index contributed by atoms with van der Waals surface area (Å²) in [6, 6.07) is 4.54. The highest BCUT2D eigenvalue weighted by Gasteiger charge is 2.24. The van der Waals surface area contributed by atoms with Crippen LogP contribution in [0.3, 0.4) is 0 Å². The first kappa shape index (κ1) is 11.4. The fraction of sp³-hybridized carbons (Fsp3) is 0.615. The topological polar surface area (TPSA) is 34.2 Å². The van der Waals surface area contributed by atoms with E-state index in [0.29, 0.717) is 18.1 Å². The van der Waals surface area contributed by atoms with E-state index in [1.807, 2.05) is 12.3 Å². The number of pyridine rings is 1. The van der Waals surface area contributed by atoms with Crippen LogP contribution < -0.4 is 5.32 Å². The minimum atomic E-state index is 0.392. The Labute approximate surface area is 97.2 Å². The van der Waals surface area contributed by atoms with Crippen molar-refractivity contribution in [3.63, 3.8) is 0 Å². The molecule has 3 nitrogen and oxygen atoms in total. The molecule has 1 N–H and O–H groups in total. The van der Waals surface area contributed by atoms with Crippen molar-refractivity contribution < 1.29 is 4.74 Å². The molecule has 88 valence electrons. The number of rotatable bonds is 3. The van der Waals surface area contributed by atoms with E-state index in [-0.39, 0.29) is 0 Å². The summed E-state index contributed by atoms with van der Waals surface area (Å²) >= 11 is 0. The third-order valence-corrected chi connectivity index (χ3v) is 3.09. The number of anilines is 1. The van der Waals surface area contributed by atoms with Crippen molar-refractivity contribution in [2.75, 3.05) is 11.9 Å². The number of nitrogens with one attached hydrogen (secondary N) is 1. The highest BCUT2D eigenvalue weighted by atomic mass is 16.5. The average molecular weight is 220 g/mol. The average Bonchev–Trinajstić information content (AvgIpc) is 2.30. The van der Waals surface area contributed by atoms with Gasteiger partial charge in [0, 0.05) is 25.0 Å². The Balaban J connectivity index is 1.90. The first-order valence-corrected chi connectivity index (χ1v) is 6.04. The maximum atomic E-state index is 5.75. The van der Waals surface area contributed by atoms with Crippen LogP contribution in [0, 0.1) is 5.92 Å². The lowest BCUT2D eigenvalue weighted by Crippen LogP contribution is -2.36. The quantitative estimate of drug-likeness (QED) is 0.850. The third-order valence-electron chi connectivity index (χ3n) is 3.09. The maximum Gasteiger partial charge on any atom is 0.0617 e. The van der Waals surface area contributed by atoms with Gasteiger partial charge in [0.1, 0.15) is 0 Å². The summed E-state index contributed by atoms with van der Waals surface area (Å²) < 4.78 is 5.75. The van der Waals surface area contributed by atoms with Crippen molar-refractivity contribution in [3.8, 4) is 0 Å². The number of aromatic nitrogens is 1. The predicted molar refractivity (Wildman–Crippen MR) is 65.5 cm³/mol. The van der Waals surface area contributed by atoms with E-state index in [1.54, 1.807) is 6.20 Å².